The number of rotatable bonds is 4. The standard InChI is InChI=1S/C14H21N3O3S/c1-10(17-14(18)12-3-2-8-16-9-12)11-4-6-13(7-5-11)21(15,19)20/h4-7,10,12,16H,2-3,8-9H2,1H3,(H,17,18)(H2,15,19,20)/t10?,12-/m0/s1. The van der Waals surface area contributed by atoms with E-state index in [1.807, 2.05) is 6.92 Å². The Labute approximate surface area is 125 Å². The third-order valence-electron chi connectivity index (χ3n) is 3.74. The van der Waals surface area contributed by atoms with Crippen LogP contribution in [0.25, 0.3) is 0 Å². The molecular formula is C14H21N3O3S. The Bertz CT molecular complexity index is 592. The maximum absolute atomic E-state index is 12.1. The van der Waals surface area contributed by atoms with Gasteiger partial charge in [0.05, 0.1) is 16.9 Å². The Hall–Kier alpha value is -1.44. The average molecular weight is 311 g/mol. The van der Waals surface area contributed by atoms with Crippen LogP contribution in [0.1, 0.15) is 31.4 Å². The number of sulfonamides is 1. The van der Waals surface area contributed by atoms with Gasteiger partial charge in [0, 0.05) is 6.54 Å². The first-order valence-corrected chi connectivity index (χ1v) is 8.56. The fourth-order valence-electron chi connectivity index (χ4n) is 2.44. The fraction of sp³-hybridized carbons (Fsp3) is 0.500. The Balaban J connectivity index is 1.99. The maximum atomic E-state index is 12.1. The van der Waals surface area contributed by atoms with Gasteiger partial charge in [-0.05, 0) is 44.0 Å². The normalized spacial score (nSPS) is 20.8. The van der Waals surface area contributed by atoms with Gasteiger partial charge in [-0.1, -0.05) is 12.1 Å². The molecule has 6 nitrogen and oxygen atoms in total. The molecule has 1 amide bonds. The van der Waals surface area contributed by atoms with E-state index in [-0.39, 0.29) is 22.8 Å². The van der Waals surface area contributed by atoms with Crippen molar-refractivity contribution >= 4 is 15.9 Å². The highest BCUT2D eigenvalue weighted by Gasteiger charge is 2.22. The molecule has 1 aliphatic heterocycles. The Kier molecular flexibility index (Phi) is 4.97. The first-order chi connectivity index (χ1) is 9.88. The molecule has 0 radical (unpaired) electrons. The van der Waals surface area contributed by atoms with Crippen molar-refractivity contribution in [2.24, 2.45) is 11.1 Å². The number of hydrogen-bond acceptors (Lipinski definition) is 4. The highest BCUT2D eigenvalue weighted by molar-refractivity contribution is 7.89. The summed E-state index contributed by atoms with van der Waals surface area (Å²) in [7, 11) is -3.68. The number of hydrogen-bond donors (Lipinski definition) is 3. The highest BCUT2D eigenvalue weighted by Crippen LogP contribution is 2.17. The van der Waals surface area contributed by atoms with E-state index >= 15 is 0 Å². The lowest BCUT2D eigenvalue weighted by molar-refractivity contribution is -0.126. The minimum absolute atomic E-state index is 0.00453. The summed E-state index contributed by atoms with van der Waals surface area (Å²) in [5, 5.41) is 11.2. The van der Waals surface area contributed by atoms with Crippen LogP contribution in [0.5, 0.6) is 0 Å². The van der Waals surface area contributed by atoms with Crippen LogP contribution in [0, 0.1) is 5.92 Å². The predicted octanol–water partition coefficient (Wildman–Crippen LogP) is 0.511. The van der Waals surface area contributed by atoms with E-state index in [4.69, 9.17) is 5.14 Å². The van der Waals surface area contributed by atoms with Gasteiger partial charge < -0.3 is 10.6 Å². The second-order valence-electron chi connectivity index (χ2n) is 5.39. The minimum atomic E-state index is -3.68. The lowest BCUT2D eigenvalue weighted by Gasteiger charge is -2.24. The fourth-order valence-corrected chi connectivity index (χ4v) is 2.95. The van der Waals surface area contributed by atoms with Gasteiger partial charge in [0.1, 0.15) is 0 Å². The molecule has 21 heavy (non-hydrogen) atoms. The molecule has 1 saturated heterocycles. The third-order valence-corrected chi connectivity index (χ3v) is 4.66. The van der Waals surface area contributed by atoms with E-state index in [0.717, 1.165) is 24.9 Å². The zero-order valence-electron chi connectivity index (χ0n) is 12.0. The van der Waals surface area contributed by atoms with Crippen LogP contribution in [-0.2, 0) is 14.8 Å². The molecule has 0 aliphatic carbocycles. The lowest BCUT2D eigenvalue weighted by atomic mass is 9.98. The van der Waals surface area contributed by atoms with Crippen LogP contribution in [0.2, 0.25) is 0 Å². The monoisotopic (exact) mass is 311 g/mol. The highest BCUT2D eigenvalue weighted by atomic mass is 32.2. The van der Waals surface area contributed by atoms with Gasteiger partial charge >= 0.3 is 0 Å². The number of benzene rings is 1. The molecule has 1 aromatic carbocycles. The first-order valence-electron chi connectivity index (χ1n) is 7.02. The molecule has 1 heterocycles. The summed E-state index contributed by atoms with van der Waals surface area (Å²) in [6.07, 6.45) is 1.91. The molecule has 1 fully saturated rings. The van der Waals surface area contributed by atoms with E-state index in [1.54, 1.807) is 12.1 Å². The first kappa shape index (κ1) is 15.9. The van der Waals surface area contributed by atoms with E-state index in [0.29, 0.717) is 6.54 Å². The molecule has 0 spiro atoms. The quantitative estimate of drug-likeness (QED) is 0.754. The van der Waals surface area contributed by atoms with Gasteiger partial charge in [0.15, 0.2) is 0 Å². The van der Waals surface area contributed by atoms with Gasteiger partial charge in [-0.2, -0.15) is 0 Å². The van der Waals surface area contributed by atoms with Crippen molar-refractivity contribution < 1.29 is 13.2 Å². The molecule has 1 aliphatic rings. The number of nitrogens with two attached hydrogens (primary N) is 1. The average Bonchev–Trinajstić information content (AvgIpc) is 2.47. The molecule has 2 rings (SSSR count). The molecule has 1 aromatic rings. The number of primary sulfonamides is 1. The second kappa shape index (κ2) is 6.55. The van der Waals surface area contributed by atoms with Gasteiger partial charge in [0.25, 0.3) is 0 Å². The SMILES string of the molecule is CC(NC(=O)[C@H]1CCCNC1)c1ccc(S(N)(=O)=O)cc1. The lowest BCUT2D eigenvalue weighted by Crippen LogP contribution is -2.41. The largest absolute Gasteiger partial charge is 0.349 e. The molecule has 2 atom stereocenters. The zero-order chi connectivity index (χ0) is 15.5. The van der Waals surface area contributed by atoms with Crippen LogP contribution >= 0.6 is 0 Å². The number of carbonyl (C=O) groups excluding carboxylic acids is 1. The third kappa shape index (κ3) is 4.26. The minimum Gasteiger partial charge on any atom is -0.349 e. The molecule has 7 heteroatoms. The number of carbonyl (C=O) groups is 1. The summed E-state index contributed by atoms with van der Waals surface area (Å²) < 4.78 is 22.4. The van der Waals surface area contributed by atoms with Gasteiger partial charge in [0.2, 0.25) is 15.9 Å². The summed E-state index contributed by atoms with van der Waals surface area (Å²) >= 11 is 0. The van der Waals surface area contributed by atoms with E-state index in [1.165, 1.54) is 12.1 Å². The molecule has 116 valence electrons. The van der Waals surface area contributed by atoms with Crippen molar-refractivity contribution in [1.29, 1.82) is 0 Å². The summed E-state index contributed by atoms with van der Waals surface area (Å²) in [6.45, 7) is 3.55. The molecule has 1 unspecified atom stereocenters. The van der Waals surface area contributed by atoms with E-state index in [2.05, 4.69) is 10.6 Å². The van der Waals surface area contributed by atoms with Crippen LogP contribution in [0.3, 0.4) is 0 Å². The smallest absolute Gasteiger partial charge is 0.238 e. The van der Waals surface area contributed by atoms with E-state index < -0.39 is 10.0 Å². The molecule has 0 aromatic heterocycles. The number of amides is 1. The van der Waals surface area contributed by atoms with Crippen molar-refractivity contribution in [1.82, 2.24) is 10.6 Å². The number of nitrogens with one attached hydrogen (secondary N) is 2. The van der Waals surface area contributed by atoms with Gasteiger partial charge in [-0.15, -0.1) is 0 Å². The molecule has 0 bridgehead atoms. The van der Waals surface area contributed by atoms with Crippen LogP contribution in [0.4, 0.5) is 0 Å². The summed E-state index contributed by atoms with van der Waals surface area (Å²) in [4.78, 5) is 12.2. The zero-order valence-corrected chi connectivity index (χ0v) is 12.8. The Morgan fingerprint density at radius 1 is 1.38 bits per heavy atom. The van der Waals surface area contributed by atoms with Crippen molar-refractivity contribution in [3.8, 4) is 0 Å². The van der Waals surface area contributed by atoms with Gasteiger partial charge in [-0.3, -0.25) is 4.79 Å². The van der Waals surface area contributed by atoms with Crippen LogP contribution in [-0.4, -0.2) is 27.4 Å². The van der Waals surface area contributed by atoms with Gasteiger partial charge in [-0.25, -0.2) is 13.6 Å². The molecule has 0 saturated carbocycles. The Morgan fingerprint density at radius 2 is 2.05 bits per heavy atom. The van der Waals surface area contributed by atoms with Crippen molar-refractivity contribution in [3.63, 3.8) is 0 Å². The van der Waals surface area contributed by atoms with Crippen LogP contribution in [0.15, 0.2) is 29.2 Å². The summed E-state index contributed by atoms with van der Waals surface area (Å²) in [6, 6.07) is 6.08. The number of piperidine rings is 1. The second-order valence-corrected chi connectivity index (χ2v) is 6.95. The maximum Gasteiger partial charge on any atom is 0.238 e. The topological polar surface area (TPSA) is 101 Å². The van der Waals surface area contributed by atoms with Crippen LogP contribution < -0.4 is 15.8 Å². The molecule has 4 N–H and O–H groups in total. The predicted molar refractivity (Wildman–Crippen MR) is 80.0 cm³/mol. The Morgan fingerprint density at radius 3 is 2.57 bits per heavy atom. The summed E-state index contributed by atoms with van der Waals surface area (Å²) in [5.41, 5.74) is 0.847. The summed E-state index contributed by atoms with van der Waals surface area (Å²) in [5.74, 6) is 0.0371. The van der Waals surface area contributed by atoms with Crippen molar-refractivity contribution in [3.05, 3.63) is 29.8 Å². The van der Waals surface area contributed by atoms with Crippen molar-refractivity contribution in [2.75, 3.05) is 13.1 Å². The van der Waals surface area contributed by atoms with Crippen molar-refractivity contribution in [2.45, 2.75) is 30.7 Å². The molecular weight excluding hydrogens is 290 g/mol. The van der Waals surface area contributed by atoms with E-state index in [9.17, 15) is 13.2 Å².